The van der Waals surface area contributed by atoms with Crippen LogP contribution < -0.4 is 5.73 Å². The molecular weight excluding hydrogens is 228 g/mol. The molecule has 1 aromatic rings. The molecule has 1 aromatic carbocycles. The van der Waals surface area contributed by atoms with Crippen LogP contribution in [0.25, 0.3) is 0 Å². The third-order valence-electron chi connectivity index (χ3n) is 3.50. The van der Waals surface area contributed by atoms with Crippen molar-refractivity contribution in [2.45, 2.75) is 31.9 Å². The van der Waals surface area contributed by atoms with Gasteiger partial charge in [0.2, 0.25) is 5.91 Å². The van der Waals surface area contributed by atoms with Gasteiger partial charge in [0.1, 0.15) is 0 Å². The Balaban J connectivity index is 1.97. The highest BCUT2D eigenvalue weighted by Crippen LogP contribution is 2.20. The minimum absolute atomic E-state index is 0.0299. The second kappa shape index (κ2) is 5.50. The van der Waals surface area contributed by atoms with Crippen LogP contribution >= 0.6 is 0 Å². The Morgan fingerprint density at radius 3 is 2.89 bits per heavy atom. The molecule has 0 saturated carbocycles. The molecule has 4 nitrogen and oxygen atoms in total. The van der Waals surface area contributed by atoms with Gasteiger partial charge >= 0.3 is 0 Å². The predicted octanol–water partition coefficient (Wildman–Crippen LogP) is 0.978. The van der Waals surface area contributed by atoms with Crippen LogP contribution in [-0.2, 0) is 4.79 Å². The van der Waals surface area contributed by atoms with Crippen molar-refractivity contribution in [1.82, 2.24) is 4.90 Å². The van der Waals surface area contributed by atoms with Gasteiger partial charge < -0.3 is 15.7 Å². The first-order chi connectivity index (χ1) is 8.58. The molecule has 0 unspecified atom stereocenters. The summed E-state index contributed by atoms with van der Waals surface area (Å²) in [4.78, 5) is 13.7. The number of aliphatic hydroxyl groups is 1. The molecule has 0 bridgehead atoms. The van der Waals surface area contributed by atoms with E-state index in [-0.39, 0.29) is 18.1 Å². The van der Waals surface area contributed by atoms with Gasteiger partial charge in [0.25, 0.3) is 0 Å². The third-order valence-corrected chi connectivity index (χ3v) is 3.50. The van der Waals surface area contributed by atoms with Crippen LogP contribution in [-0.4, -0.2) is 35.1 Å². The minimum atomic E-state index is -0.372. The fraction of sp³-hybridized carbons (Fsp3) is 0.500. The normalized spacial score (nSPS) is 21.1. The molecule has 0 aromatic heterocycles. The van der Waals surface area contributed by atoms with Gasteiger partial charge in [-0.1, -0.05) is 24.3 Å². The van der Waals surface area contributed by atoms with Crippen molar-refractivity contribution >= 4 is 5.91 Å². The fourth-order valence-electron chi connectivity index (χ4n) is 2.40. The zero-order valence-corrected chi connectivity index (χ0v) is 10.7. The van der Waals surface area contributed by atoms with Gasteiger partial charge in [-0.2, -0.15) is 0 Å². The SMILES string of the molecule is Cc1ccccc1[C@@H](N)CC(=O)N1CC[C@@H](O)C1. The molecular formula is C14H20N2O2. The minimum Gasteiger partial charge on any atom is -0.391 e. The Morgan fingerprint density at radius 2 is 2.28 bits per heavy atom. The molecule has 3 N–H and O–H groups in total. The molecule has 4 heteroatoms. The van der Waals surface area contributed by atoms with Crippen LogP contribution in [0.1, 0.15) is 30.0 Å². The van der Waals surface area contributed by atoms with E-state index in [1.807, 2.05) is 31.2 Å². The number of carbonyl (C=O) groups excluding carboxylic acids is 1. The van der Waals surface area contributed by atoms with E-state index in [2.05, 4.69) is 0 Å². The van der Waals surface area contributed by atoms with E-state index >= 15 is 0 Å². The van der Waals surface area contributed by atoms with Crippen LogP contribution in [0, 0.1) is 6.92 Å². The van der Waals surface area contributed by atoms with E-state index in [0.29, 0.717) is 25.9 Å². The topological polar surface area (TPSA) is 66.6 Å². The van der Waals surface area contributed by atoms with Gasteiger partial charge in [-0.05, 0) is 24.5 Å². The number of rotatable bonds is 3. The van der Waals surface area contributed by atoms with Gasteiger partial charge in [0.05, 0.1) is 6.10 Å². The maximum absolute atomic E-state index is 12.0. The summed E-state index contributed by atoms with van der Waals surface area (Å²) in [7, 11) is 0. The summed E-state index contributed by atoms with van der Waals surface area (Å²) in [5.41, 5.74) is 8.22. The van der Waals surface area contributed by atoms with Crippen molar-refractivity contribution < 1.29 is 9.90 Å². The lowest BCUT2D eigenvalue weighted by molar-refractivity contribution is -0.130. The smallest absolute Gasteiger partial charge is 0.224 e. The summed E-state index contributed by atoms with van der Waals surface area (Å²) in [6.07, 6.45) is 0.603. The molecule has 1 fully saturated rings. The number of carbonyl (C=O) groups is 1. The standard InChI is InChI=1S/C14H20N2O2/c1-10-4-2-3-5-12(10)13(15)8-14(18)16-7-6-11(17)9-16/h2-5,11,13,17H,6-9,15H2,1H3/t11-,13+/m1/s1. The van der Waals surface area contributed by atoms with Crippen LogP contribution in [0.2, 0.25) is 0 Å². The number of nitrogens with zero attached hydrogens (tertiary/aromatic N) is 1. The molecule has 2 rings (SSSR count). The molecule has 98 valence electrons. The molecule has 1 amide bonds. The van der Waals surface area contributed by atoms with E-state index in [1.54, 1.807) is 4.90 Å². The largest absolute Gasteiger partial charge is 0.391 e. The lowest BCUT2D eigenvalue weighted by Crippen LogP contribution is -2.32. The molecule has 1 aliphatic heterocycles. The van der Waals surface area contributed by atoms with E-state index in [9.17, 15) is 9.90 Å². The molecule has 1 heterocycles. The van der Waals surface area contributed by atoms with Gasteiger partial charge in [-0.15, -0.1) is 0 Å². The van der Waals surface area contributed by atoms with Gasteiger partial charge in [0.15, 0.2) is 0 Å². The van der Waals surface area contributed by atoms with E-state index in [1.165, 1.54) is 0 Å². The number of likely N-dealkylation sites (tertiary alicyclic amines) is 1. The summed E-state index contributed by atoms with van der Waals surface area (Å²) in [5.74, 6) is 0.0299. The van der Waals surface area contributed by atoms with Crippen molar-refractivity contribution in [3.05, 3.63) is 35.4 Å². The summed E-state index contributed by atoms with van der Waals surface area (Å²) >= 11 is 0. The lowest BCUT2D eigenvalue weighted by atomic mass is 9.99. The number of benzene rings is 1. The number of aliphatic hydroxyl groups excluding tert-OH is 1. The Labute approximate surface area is 107 Å². The first-order valence-corrected chi connectivity index (χ1v) is 6.35. The summed E-state index contributed by atoms with van der Waals surface area (Å²) in [5, 5.41) is 9.42. The van der Waals surface area contributed by atoms with E-state index in [4.69, 9.17) is 5.73 Å². The average Bonchev–Trinajstić information content (AvgIpc) is 2.76. The van der Waals surface area contributed by atoms with Crippen molar-refractivity contribution in [2.24, 2.45) is 5.73 Å². The second-order valence-electron chi connectivity index (χ2n) is 4.95. The van der Waals surface area contributed by atoms with Gasteiger partial charge in [-0.25, -0.2) is 0 Å². The number of hydrogen-bond acceptors (Lipinski definition) is 3. The molecule has 0 radical (unpaired) electrons. The van der Waals surface area contributed by atoms with Crippen LogP contribution in [0.15, 0.2) is 24.3 Å². The number of amides is 1. The highest BCUT2D eigenvalue weighted by Gasteiger charge is 2.26. The van der Waals surface area contributed by atoms with E-state index < -0.39 is 0 Å². The second-order valence-corrected chi connectivity index (χ2v) is 4.95. The number of β-amino-alcohol motifs (C(OH)–C–C–N with tert-alkyl or cyclic N) is 1. The molecule has 1 saturated heterocycles. The van der Waals surface area contributed by atoms with Crippen molar-refractivity contribution in [3.8, 4) is 0 Å². The summed E-state index contributed by atoms with van der Waals surface area (Å²) < 4.78 is 0. The zero-order chi connectivity index (χ0) is 13.1. The monoisotopic (exact) mass is 248 g/mol. The highest BCUT2D eigenvalue weighted by atomic mass is 16.3. The molecule has 18 heavy (non-hydrogen) atoms. The van der Waals surface area contributed by atoms with Gasteiger partial charge in [0, 0.05) is 25.6 Å². The quantitative estimate of drug-likeness (QED) is 0.838. The van der Waals surface area contributed by atoms with Crippen LogP contribution in [0.4, 0.5) is 0 Å². The lowest BCUT2D eigenvalue weighted by Gasteiger charge is -2.19. The number of hydrogen-bond donors (Lipinski definition) is 2. The van der Waals surface area contributed by atoms with Crippen molar-refractivity contribution in [3.63, 3.8) is 0 Å². The number of aryl methyl sites for hydroxylation is 1. The Bertz CT molecular complexity index is 434. The first-order valence-electron chi connectivity index (χ1n) is 6.35. The summed E-state index contributed by atoms with van der Waals surface area (Å²) in [6, 6.07) is 7.60. The molecule has 0 aliphatic carbocycles. The maximum atomic E-state index is 12.0. The Kier molecular flexibility index (Phi) is 3.99. The third kappa shape index (κ3) is 2.89. The van der Waals surface area contributed by atoms with Crippen LogP contribution in [0.3, 0.4) is 0 Å². The Morgan fingerprint density at radius 1 is 1.56 bits per heavy atom. The van der Waals surface area contributed by atoms with Crippen molar-refractivity contribution in [1.29, 1.82) is 0 Å². The van der Waals surface area contributed by atoms with Crippen molar-refractivity contribution in [2.75, 3.05) is 13.1 Å². The highest BCUT2D eigenvalue weighted by molar-refractivity contribution is 5.77. The molecule has 1 aliphatic rings. The van der Waals surface area contributed by atoms with Crippen LogP contribution in [0.5, 0.6) is 0 Å². The maximum Gasteiger partial charge on any atom is 0.224 e. The summed E-state index contributed by atoms with van der Waals surface area (Å²) in [6.45, 7) is 3.08. The van der Waals surface area contributed by atoms with Gasteiger partial charge in [-0.3, -0.25) is 4.79 Å². The van der Waals surface area contributed by atoms with E-state index in [0.717, 1.165) is 11.1 Å². The first kappa shape index (κ1) is 13.1. The molecule has 2 atom stereocenters. The average molecular weight is 248 g/mol. The zero-order valence-electron chi connectivity index (χ0n) is 10.7. The molecule has 0 spiro atoms. The predicted molar refractivity (Wildman–Crippen MR) is 69.9 cm³/mol. The number of nitrogens with two attached hydrogens (primary N) is 1. The fourth-order valence-corrected chi connectivity index (χ4v) is 2.40. The Hall–Kier alpha value is -1.39.